The zero-order chi connectivity index (χ0) is 17.9. The van der Waals surface area contributed by atoms with Crippen molar-refractivity contribution in [2.75, 3.05) is 11.5 Å². The van der Waals surface area contributed by atoms with Gasteiger partial charge in [0.25, 0.3) is 0 Å². The summed E-state index contributed by atoms with van der Waals surface area (Å²) in [5.74, 6) is -1.82. The molecule has 1 aliphatic heterocycles. The fourth-order valence-corrected chi connectivity index (χ4v) is 2.77. The van der Waals surface area contributed by atoms with Crippen LogP contribution in [0, 0.1) is 0 Å². The summed E-state index contributed by atoms with van der Waals surface area (Å²) in [5, 5.41) is 0. The van der Waals surface area contributed by atoms with Crippen LogP contribution in [-0.2, 0) is 19.7 Å². The van der Waals surface area contributed by atoms with E-state index in [1.165, 1.54) is 4.90 Å². The Bertz CT molecular complexity index is 779. The van der Waals surface area contributed by atoms with Crippen molar-refractivity contribution < 1.29 is 19.1 Å². The Hall–Kier alpha value is -2.63. The van der Waals surface area contributed by atoms with E-state index in [2.05, 4.69) is 11.4 Å². The summed E-state index contributed by atoms with van der Waals surface area (Å²) in [4.78, 5) is 29.1. The molecule has 0 spiro atoms. The Balaban J connectivity index is 2.35. The van der Waals surface area contributed by atoms with Gasteiger partial charge >= 0.3 is 17.6 Å². The van der Waals surface area contributed by atoms with Crippen molar-refractivity contribution >= 4 is 40.5 Å². The third-order valence-corrected chi connectivity index (χ3v) is 4.50. The molecule has 0 atom stereocenters. The lowest BCUT2D eigenvalue weighted by molar-refractivity contribution is -0.142. The van der Waals surface area contributed by atoms with Crippen LogP contribution in [0.3, 0.4) is 0 Å². The Labute approximate surface area is 145 Å². The first kappa shape index (κ1) is 17.7. The normalized spacial score (nSPS) is 14.6. The molecular weight excluding hydrogens is 326 g/mol. The average Bonchev–Trinajstić information content (AvgIpc) is 2.75. The van der Waals surface area contributed by atoms with Crippen LogP contribution in [-0.4, -0.2) is 34.0 Å². The molecule has 7 heteroatoms. The lowest BCUT2D eigenvalue weighted by Crippen LogP contribution is -2.45. The second-order valence-electron chi connectivity index (χ2n) is 5.75. The van der Waals surface area contributed by atoms with E-state index in [9.17, 15) is 9.59 Å². The number of ether oxygens (including phenoxy) is 1. The highest BCUT2D eigenvalue weighted by Crippen LogP contribution is 2.42. The average molecular weight is 343 g/mol. The third-order valence-electron chi connectivity index (χ3n) is 3.81. The monoisotopic (exact) mass is 343 g/mol. The Morgan fingerprint density at radius 1 is 1.42 bits per heavy atom. The molecule has 124 valence electrons. The van der Waals surface area contributed by atoms with E-state index >= 15 is 0 Å². The number of hydrogen-bond donors (Lipinski definition) is 0. The van der Waals surface area contributed by atoms with Crippen LogP contribution in [0.25, 0.3) is 5.53 Å². The van der Waals surface area contributed by atoms with Crippen molar-refractivity contribution in [3.63, 3.8) is 0 Å². The van der Waals surface area contributed by atoms with Crippen molar-refractivity contribution in [3.8, 4) is 0 Å². The molecule has 0 bridgehead atoms. The summed E-state index contributed by atoms with van der Waals surface area (Å²) < 4.78 is 4.90. The number of esters is 1. The van der Waals surface area contributed by atoms with Crippen molar-refractivity contribution in [3.05, 3.63) is 48.0 Å². The summed E-state index contributed by atoms with van der Waals surface area (Å²) >= 11 is 5.42. The van der Waals surface area contributed by atoms with E-state index in [4.69, 9.17) is 22.5 Å². The van der Waals surface area contributed by atoms with E-state index in [1.54, 1.807) is 18.2 Å². The number of benzene rings is 1. The molecule has 0 fully saturated rings. The largest absolute Gasteiger partial charge is 0.463 e. The second kappa shape index (κ2) is 6.86. The first-order chi connectivity index (χ1) is 11.4. The fraction of sp³-hybridized carbons (Fsp3) is 0.294. The minimum atomic E-state index is -1.01. The molecule has 0 N–H and O–H groups in total. The molecule has 0 saturated carbocycles. The maximum Gasteiger partial charge on any atom is 0.463 e. The van der Waals surface area contributed by atoms with Crippen molar-refractivity contribution in [2.24, 2.45) is 0 Å². The first-order valence-corrected chi connectivity index (χ1v) is 7.75. The molecule has 0 unspecified atom stereocenters. The Kier molecular flexibility index (Phi) is 5.07. The van der Waals surface area contributed by atoms with Crippen LogP contribution < -0.4 is 4.90 Å². The molecule has 0 saturated heterocycles. The molecule has 1 aliphatic rings. The fourth-order valence-electron chi connectivity index (χ4n) is 2.48. The molecule has 24 heavy (non-hydrogen) atoms. The highest BCUT2D eigenvalue weighted by Gasteiger charge is 2.48. The smallest absolute Gasteiger partial charge is 0.456 e. The zero-order valence-corrected chi connectivity index (χ0v) is 14.3. The number of carbonyl (C=O) groups excluding carboxylic acids is 2. The number of hydrogen-bond acceptors (Lipinski definition) is 4. The first-order valence-electron chi connectivity index (χ1n) is 7.34. The van der Waals surface area contributed by atoms with E-state index in [0.717, 1.165) is 5.56 Å². The van der Waals surface area contributed by atoms with Gasteiger partial charge in [-0.3, -0.25) is 9.69 Å². The van der Waals surface area contributed by atoms with E-state index in [0.29, 0.717) is 17.1 Å². The summed E-state index contributed by atoms with van der Waals surface area (Å²) in [6.07, 6.45) is 2.00. The maximum absolute atomic E-state index is 12.7. The Morgan fingerprint density at radius 3 is 2.71 bits per heavy atom. The molecule has 1 aromatic rings. The molecular formula is C17H17N3O3S. The number of rotatable bonds is 5. The number of fused-ring (bicyclic) bond motifs is 1. The highest BCUT2D eigenvalue weighted by molar-refractivity contribution is 7.81. The quantitative estimate of drug-likeness (QED) is 0.120. The number of amides is 1. The van der Waals surface area contributed by atoms with E-state index in [-0.39, 0.29) is 6.61 Å². The SMILES string of the molecule is C=CCCOC(=O)C(=[N+]=[N-])C(=O)N1C(=S)C(C)(C)c2ccccc21. The van der Waals surface area contributed by atoms with Gasteiger partial charge < -0.3 is 10.3 Å². The Morgan fingerprint density at radius 2 is 2.08 bits per heavy atom. The molecule has 2 rings (SSSR count). The summed E-state index contributed by atoms with van der Waals surface area (Å²) in [5.41, 5.74) is 9.28. The third kappa shape index (κ3) is 2.91. The minimum Gasteiger partial charge on any atom is -0.456 e. The number of nitrogens with zero attached hydrogens (tertiary/aromatic N) is 3. The van der Waals surface area contributed by atoms with Crippen molar-refractivity contribution in [1.29, 1.82) is 0 Å². The lowest BCUT2D eigenvalue weighted by atomic mass is 9.87. The van der Waals surface area contributed by atoms with Crippen LogP contribution >= 0.6 is 12.2 Å². The van der Waals surface area contributed by atoms with Crippen molar-refractivity contribution in [1.82, 2.24) is 0 Å². The zero-order valence-electron chi connectivity index (χ0n) is 13.5. The molecule has 1 heterocycles. The molecule has 0 aliphatic carbocycles. The van der Waals surface area contributed by atoms with E-state index < -0.39 is 23.0 Å². The summed E-state index contributed by atoms with van der Waals surface area (Å²) in [6, 6.07) is 7.21. The number of para-hydroxylation sites is 1. The topological polar surface area (TPSA) is 83.0 Å². The second-order valence-corrected chi connectivity index (χ2v) is 6.14. The molecule has 6 nitrogen and oxygen atoms in total. The molecule has 1 aromatic carbocycles. The molecule has 0 radical (unpaired) electrons. The van der Waals surface area contributed by atoms with E-state index in [1.807, 2.05) is 26.0 Å². The summed E-state index contributed by atoms with van der Waals surface area (Å²) in [7, 11) is 0. The standard InChI is InChI=1S/C17H17N3O3S/c1-4-5-10-23-15(22)13(19-18)14(21)20-12-9-7-6-8-11(12)17(2,3)16(20)24/h4,6-9H,1,5,10H2,2-3H3. The van der Waals surface area contributed by atoms with Gasteiger partial charge in [-0.05, 0) is 31.9 Å². The predicted molar refractivity (Wildman–Crippen MR) is 94.0 cm³/mol. The van der Waals surface area contributed by atoms with Crippen LogP contribution in [0.4, 0.5) is 5.69 Å². The van der Waals surface area contributed by atoms with Gasteiger partial charge in [0.2, 0.25) is 0 Å². The van der Waals surface area contributed by atoms with Crippen LogP contribution in [0.15, 0.2) is 36.9 Å². The van der Waals surface area contributed by atoms with Gasteiger partial charge in [-0.1, -0.05) is 36.5 Å². The van der Waals surface area contributed by atoms with Crippen LogP contribution in [0.1, 0.15) is 25.8 Å². The number of thiocarbonyl (C=S) groups is 1. The summed E-state index contributed by atoms with van der Waals surface area (Å²) in [6.45, 7) is 7.33. The van der Waals surface area contributed by atoms with Crippen molar-refractivity contribution in [2.45, 2.75) is 25.7 Å². The van der Waals surface area contributed by atoms with Gasteiger partial charge in [0, 0.05) is 5.41 Å². The van der Waals surface area contributed by atoms with Gasteiger partial charge in [-0.2, -0.15) is 4.79 Å². The molecule has 1 amide bonds. The lowest BCUT2D eigenvalue weighted by Gasteiger charge is -2.20. The van der Waals surface area contributed by atoms with Gasteiger partial charge in [-0.25, -0.2) is 4.79 Å². The highest BCUT2D eigenvalue weighted by atomic mass is 32.1. The minimum absolute atomic E-state index is 0.0428. The predicted octanol–water partition coefficient (Wildman–Crippen LogP) is 2.43. The van der Waals surface area contributed by atoms with Gasteiger partial charge in [0.05, 0.1) is 12.3 Å². The van der Waals surface area contributed by atoms with Gasteiger partial charge in [-0.15, -0.1) is 6.58 Å². The van der Waals surface area contributed by atoms with Crippen LogP contribution in [0.5, 0.6) is 0 Å². The van der Waals surface area contributed by atoms with Gasteiger partial charge in [0.15, 0.2) is 0 Å². The number of carbonyl (C=O) groups is 2. The maximum atomic E-state index is 12.7. The van der Waals surface area contributed by atoms with Crippen LogP contribution in [0.2, 0.25) is 0 Å². The van der Waals surface area contributed by atoms with Gasteiger partial charge in [0.1, 0.15) is 4.99 Å². The molecule has 0 aromatic heterocycles. The number of anilines is 1.